The quantitative estimate of drug-likeness (QED) is 0.859. The van der Waals surface area contributed by atoms with Gasteiger partial charge in [0.1, 0.15) is 0 Å². The molecular formula is C17H31N3O. The SMILES string of the molecule is CCN(C(=O)CN1C[C@@H]2CCCN[C@@H]2C1)C1CCCCC1. The van der Waals surface area contributed by atoms with E-state index in [-0.39, 0.29) is 0 Å². The molecule has 1 amide bonds. The summed E-state index contributed by atoms with van der Waals surface area (Å²) in [5.74, 6) is 1.14. The van der Waals surface area contributed by atoms with Gasteiger partial charge in [-0.25, -0.2) is 0 Å². The van der Waals surface area contributed by atoms with Crippen molar-refractivity contribution in [2.75, 3.05) is 32.7 Å². The van der Waals surface area contributed by atoms with Crippen LogP contribution in [0.5, 0.6) is 0 Å². The maximum atomic E-state index is 12.7. The van der Waals surface area contributed by atoms with Gasteiger partial charge in [0.25, 0.3) is 0 Å². The summed E-state index contributed by atoms with van der Waals surface area (Å²) >= 11 is 0. The number of carbonyl (C=O) groups excluding carboxylic acids is 1. The molecule has 120 valence electrons. The second-order valence-corrected chi connectivity index (χ2v) is 7.13. The highest BCUT2D eigenvalue weighted by Crippen LogP contribution is 2.26. The third kappa shape index (κ3) is 3.59. The molecule has 2 saturated heterocycles. The maximum Gasteiger partial charge on any atom is 0.236 e. The maximum absolute atomic E-state index is 12.7. The first-order chi connectivity index (χ1) is 10.3. The van der Waals surface area contributed by atoms with E-state index in [1.807, 2.05) is 0 Å². The summed E-state index contributed by atoms with van der Waals surface area (Å²) in [6.07, 6.45) is 9.01. The fourth-order valence-corrected chi connectivity index (χ4v) is 4.58. The highest BCUT2D eigenvalue weighted by atomic mass is 16.2. The predicted molar refractivity (Wildman–Crippen MR) is 85.2 cm³/mol. The number of likely N-dealkylation sites (N-methyl/N-ethyl adjacent to an activating group) is 1. The van der Waals surface area contributed by atoms with Crippen LogP contribution in [0.4, 0.5) is 0 Å². The lowest BCUT2D eigenvalue weighted by Gasteiger charge is -2.34. The predicted octanol–water partition coefficient (Wildman–Crippen LogP) is 1.85. The number of fused-ring (bicyclic) bond motifs is 1. The number of piperidine rings is 1. The molecule has 0 aromatic rings. The molecule has 1 aliphatic carbocycles. The Morgan fingerprint density at radius 3 is 2.67 bits per heavy atom. The van der Waals surface area contributed by atoms with Gasteiger partial charge in [-0.2, -0.15) is 0 Å². The van der Waals surface area contributed by atoms with Crippen molar-refractivity contribution in [3.8, 4) is 0 Å². The van der Waals surface area contributed by atoms with E-state index in [0.29, 0.717) is 24.5 Å². The van der Waals surface area contributed by atoms with E-state index in [2.05, 4.69) is 22.0 Å². The van der Waals surface area contributed by atoms with Crippen LogP contribution in [0.25, 0.3) is 0 Å². The van der Waals surface area contributed by atoms with Crippen molar-refractivity contribution in [1.29, 1.82) is 0 Å². The Morgan fingerprint density at radius 2 is 1.95 bits per heavy atom. The minimum atomic E-state index is 0.364. The van der Waals surface area contributed by atoms with Gasteiger partial charge in [0.05, 0.1) is 6.54 Å². The Kier molecular flexibility index (Phi) is 5.17. The first-order valence-corrected chi connectivity index (χ1v) is 9.03. The lowest BCUT2D eigenvalue weighted by Crippen LogP contribution is -2.46. The molecule has 2 heterocycles. The average molecular weight is 293 g/mol. The monoisotopic (exact) mass is 293 g/mol. The molecule has 1 N–H and O–H groups in total. The van der Waals surface area contributed by atoms with E-state index >= 15 is 0 Å². The first kappa shape index (κ1) is 15.3. The molecule has 3 rings (SSSR count). The molecule has 4 heteroatoms. The molecule has 0 unspecified atom stereocenters. The Labute approximate surface area is 129 Å². The van der Waals surface area contributed by atoms with Gasteiger partial charge in [-0.15, -0.1) is 0 Å². The standard InChI is InChI=1S/C17H31N3O/c1-2-20(15-8-4-3-5-9-15)17(21)13-19-11-14-7-6-10-18-16(14)12-19/h14-16,18H,2-13H2,1H3/t14-,16+/m0/s1. The number of hydrogen-bond acceptors (Lipinski definition) is 3. The lowest BCUT2D eigenvalue weighted by atomic mass is 9.94. The zero-order valence-corrected chi connectivity index (χ0v) is 13.5. The van der Waals surface area contributed by atoms with Gasteiger partial charge in [0, 0.05) is 31.7 Å². The molecule has 3 fully saturated rings. The largest absolute Gasteiger partial charge is 0.339 e. The van der Waals surface area contributed by atoms with Gasteiger partial charge in [-0.05, 0) is 45.1 Å². The number of carbonyl (C=O) groups is 1. The van der Waals surface area contributed by atoms with Crippen LogP contribution >= 0.6 is 0 Å². The fraction of sp³-hybridized carbons (Fsp3) is 0.941. The van der Waals surface area contributed by atoms with Gasteiger partial charge < -0.3 is 10.2 Å². The van der Waals surface area contributed by atoms with Gasteiger partial charge in [0.2, 0.25) is 5.91 Å². The summed E-state index contributed by atoms with van der Waals surface area (Å²) in [4.78, 5) is 17.3. The molecule has 0 bridgehead atoms. The molecule has 2 atom stereocenters. The molecule has 3 aliphatic rings. The topological polar surface area (TPSA) is 35.6 Å². The average Bonchev–Trinajstić information content (AvgIpc) is 2.91. The summed E-state index contributed by atoms with van der Waals surface area (Å²) in [7, 11) is 0. The Balaban J connectivity index is 1.52. The number of hydrogen-bond donors (Lipinski definition) is 1. The molecule has 0 aromatic heterocycles. The molecule has 0 aromatic carbocycles. The van der Waals surface area contributed by atoms with Crippen molar-refractivity contribution < 1.29 is 4.79 Å². The van der Waals surface area contributed by atoms with Crippen molar-refractivity contribution >= 4 is 5.91 Å². The van der Waals surface area contributed by atoms with Crippen molar-refractivity contribution in [2.24, 2.45) is 5.92 Å². The van der Waals surface area contributed by atoms with Crippen LogP contribution in [0.3, 0.4) is 0 Å². The molecule has 21 heavy (non-hydrogen) atoms. The van der Waals surface area contributed by atoms with Gasteiger partial charge in [-0.1, -0.05) is 19.3 Å². The van der Waals surface area contributed by atoms with Crippen LogP contribution in [-0.4, -0.2) is 60.5 Å². The third-order valence-corrected chi connectivity index (χ3v) is 5.71. The molecular weight excluding hydrogens is 262 g/mol. The van der Waals surface area contributed by atoms with Gasteiger partial charge >= 0.3 is 0 Å². The number of likely N-dealkylation sites (tertiary alicyclic amines) is 1. The number of amides is 1. The zero-order chi connectivity index (χ0) is 14.7. The van der Waals surface area contributed by atoms with Crippen molar-refractivity contribution in [3.63, 3.8) is 0 Å². The van der Waals surface area contributed by atoms with Crippen LogP contribution < -0.4 is 5.32 Å². The van der Waals surface area contributed by atoms with Crippen LogP contribution in [0.15, 0.2) is 0 Å². The summed E-state index contributed by atoms with van der Waals surface area (Å²) < 4.78 is 0. The van der Waals surface area contributed by atoms with E-state index in [9.17, 15) is 4.79 Å². The summed E-state index contributed by atoms with van der Waals surface area (Å²) in [6.45, 7) is 7.00. The van der Waals surface area contributed by atoms with Crippen molar-refractivity contribution in [1.82, 2.24) is 15.1 Å². The van der Waals surface area contributed by atoms with Crippen molar-refractivity contribution in [3.05, 3.63) is 0 Å². The van der Waals surface area contributed by atoms with E-state index in [1.54, 1.807) is 0 Å². The summed E-state index contributed by atoms with van der Waals surface area (Å²) in [6, 6.07) is 1.15. The number of nitrogens with zero attached hydrogens (tertiary/aromatic N) is 2. The highest BCUT2D eigenvalue weighted by molar-refractivity contribution is 5.78. The second kappa shape index (κ2) is 7.10. The summed E-state index contributed by atoms with van der Waals surface area (Å²) in [5, 5.41) is 3.62. The summed E-state index contributed by atoms with van der Waals surface area (Å²) in [5.41, 5.74) is 0. The van der Waals surface area contributed by atoms with Crippen LogP contribution in [0.2, 0.25) is 0 Å². The van der Waals surface area contributed by atoms with Crippen molar-refractivity contribution in [2.45, 2.75) is 64.0 Å². The fourth-order valence-electron chi connectivity index (χ4n) is 4.58. The first-order valence-electron chi connectivity index (χ1n) is 9.03. The second-order valence-electron chi connectivity index (χ2n) is 7.13. The van der Waals surface area contributed by atoms with E-state index in [1.165, 1.54) is 44.9 Å². The van der Waals surface area contributed by atoms with E-state index < -0.39 is 0 Å². The Bertz CT molecular complexity index is 340. The van der Waals surface area contributed by atoms with Crippen LogP contribution in [0, 0.1) is 5.92 Å². The molecule has 1 saturated carbocycles. The molecule has 4 nitrogen and oxygen atoms in total. The van der Waals surface area contributed by atoms with Crippen LogP contribution in [-0.2, 0) is 4.79 Å². The molecule has 0 spiro atoms. The lowest BCUT2D eigenvalue weighted by molar-refractivity contribution is -0.135. The van der Waals surface area contributed by atoms with E-state index in [4.69, 9.17) is 0 Å². The minimum absolute atomic E-state index is 0.364. The van der Waals surface area contributed by atoms with Crippen LogP contribution in [0.1, 0.15) is 51.9 Å². The Hall–Kier alpha value is -0.610. The minimum Gasteiger partial charge on any atom is -0.339 e. The normalized spacial score (nSPS) is 31.1. The molecule has 0 radical (unpaired) electrons. The van der Waals surface area contributed by atoms with Gasteiger partial charge in [0.15, 0.2) is 0 Å². The van der Waals surface area contributed by atoms with Gasteiger partial charge in [-0.3, -0.25) is 9.69 Å². The number of nitrogens with one attached hydrogen (secondary N) is 1. The smallest absolute Gasteiger partial charge is 0.236 e. The zero-order valence-electron chi connectivity index (χ0n) is 13.5. The molecule has 2 aliphatic heterocycles. The number of rotatable bonds is 4. The highest BCUT2D eigenvalue weighted by Gasteiger charge is 2.35. The third-order valence-electron chi connectivity index (χ3n) is 5.71. The Morgan fingerprint density at radius 1 is 1.14 bits per heavy atom. The van der Waals surface area contributed by atoms with E-state index in [0.717, 1.165) is 32.1 Å².